The Labute approximate surface area is 57.0 Å². The minimum Gasteiger partial charge on any atom is -0.171 e. The second kappa shape index (κ2) is 2.48. The third kappa shape index (κ3) is 2.25. The number of rotatable bonds is 2. The molecule has 0 spiro atoms. The van der Waals surface area contributed by atoms with Crippen LogP contribution in [0.5, 0.6) is 0 Å². The molecule has 0 nitrogen and oxygen atoms in total. The summed E-state index contributed by atoms with van der Waals surface area (Å²) in [6.45, 7) is 0. The van der Waals surface area contributed by atoms with Gasteiger partial charge in [-0.25, -0.2) is 0 Å². The molecule has 0 heterocycles. The van der Waals surface area contributed by atoms with Crippen molar-refractivity contribution in [2.24, 2.45) is 0 Å². The van der Waals surface area contributed by atoms with Crippen LogP contribution in [0.2, 0.25) is 0 Å². The number of hydrogen-bond acceptors (Lipinski definition) is 0. The fourth-order valence-electron chi connectivity index (χ4n) is 0.685. The van der Waals surface area contributed by atoms with Crippen LogP contribution in [0.4, 0.5) is 13.2 Å². The van der Waals surface area contributed by atoms with E-state index in [4.69, 9.17) is 0 Å². The van der Waals surface area contributed by atoms with Crippen molar-refractivity contribution in [3.63, 3.8) is 0 Å². The highest BCUT2D eigenvalue weighted by Crippen LogP contribution is 2.25. The summed E-state index contributed by atoms with van der Waals surface area (Å²) in [5.74, 6) is 0. The maximum atomic E-state index is 11.5. The second-order valence-electron chi connectivity index (χ2n) is 2.22. The van der Waals surface area contributed by atoms with Gasteiger partial charge in [-0.2, -0.15) is 13.2 Å². The summed E-state index contributed by atoms with van der Waals surface area (Å²) in [5.41, 5.74) is 0.789. The summed E-state index contributed by atoms with van der Waals surface area (Å²) in [5, 5.41) is 0. The first-order valence-corrected chi connectivity index (χ1v) is 3.02. The van der Waals surface area contributed by atoms with Crippen LogP contribution in [0.1, 0.15) is 12.8 Å². The summed E-state index contributed by atoms with van der Waals surface area (Å²) in [4.78, 5) is 0. The lowest BCUT2D eigenvalue weighted by molar-refractivity contribution is -0.133. The molecule has 3 heteroatoms. The molecule has 0 N–H and O–H groups in total. The second-order valence-corrected chi connectivity index (χ2v) is 2.22. The van der Waals surface area contributed by atoms with Crippen molar-refractivity contribution in [3.8, 4) is 0 Å². The molecule has 10 heavy (non-hydrogen) atoms. The van der Waals surface area contributed by atoms with E-state index >= 15 is 0 Å². The fourth-order valence-corrected chi connectivity index (χ4v) is 0.685. The van der Waals surface area contributed by atoms with E-state index in [2.05, 4.69) is 0 Å². The van der Waals surface area contributed by atoms with E-state index in [1.807, 2.05) is 0 Å². The molecule has 0 unspecified atom stereocenters. The zero-order valence-electron chi connectivity index (χ0n) is 5.28. The topological polar surface area (TPSA) is 0 Å². The molecule has 0 aromatic rings. The number of alkyl halides is 3. The van der Waals surface area contributed by atoms with Gasteiger partial charge < -0.3 is 0 Å². The van der Waals surface area contributed by atoms with Crippen LogP contribution < -0.4 is 0 Å². The molecule has 0 radical (unpaired) electrons. The summed E-state index contributed by atoms with van der Waals surface area (Å²) < 4.78 is 34.6. The van der Waals surface area contributed by atoms with Gasteiger partial charge in [0.05, 0.1) is 0 Å². The van der Waals surface area contributed by atoms with Crippen LogP contribution in [0.3, 0.4) is 0 Å². The van der Waals surface area contributed by atoms with Gasteiger partial charge in [0.2, 0.25) is 0 Å². The molecule has 1 aliphatic carbocycles. The maximum Gasteiger partial charge on any atom is 0.389 e. The van der Waals surface area contributed by atoms with Crippen LogP contribution in [-0.2, 0) is 0 Å². The Hall–Kier alpha value is -0.730. The normalized spacial score (nSPS) is 16.5. The lowest BCUT2D eigenvalue weighted by atomic mass is 10.0. The summed E-state index contributed by atoms with van der Waals surface area (Å²) in [7, 11) is 0. The molecule has 1 rings (SSSR count). The fraction of sp³-hybridized carbons (Fsp3) is 0.429. The van der Waals surface area contributed by atoms with Crippen molar-refractivity contribution in [1.29, 1.82) is 0 Å². The van der Waals surface area contributed by atoms with Crippen molar-refractivity contribution < 1.29 is 13.2 Å². The van der Waals surface area contributed by atoms with E-state index in [0.717, 1.165) is 5.57 Å². The average Bonchev–Trinajstić information content (AvgIpc) is 1.56. The van der Waals surface area contributed by atoms with E-state index in [0.29, 0.717) is 0 Å². The minimum atomic E-state index is -4.01. The number of halogens is 3. The van der Waals surface area contributed by atoms with Crippen molar-refractivity contribution in [1.82, 2.24) is 0 Å². The third-order valence-electron chi connectivity index (χ3n) is 1.32. The Balaban J connectivity index is 2.17. The predicted octanol–water partition coefficient (Wildman–Crippen LogP) is 2.83. The van der Waals surface area contributed by atoms with Crippen molar-refractivity contribution in [2.75, 3.05) is 0 Å². The maximum absolute atomic E-state index is 11.5. The summed E-state index contributed by atoms with van der Waals surface area (Å²) in [6.07, 6.45) is 0.552. The van der Waals surface area contributed by atoms with Gasteiger partial charge in [0.25, 0.3) is 0 Å². The smallest absolute Gasteiger partial charge is 0.171 e. The van der Waals surface area contributed by atoms with Gasteiger partial charge in [0, 0.05) is 6.42 Å². The van der Waals surface area contributed by atoms with Gasteiger partial charge in [0.1, 0.15) is 0 Å². The minimum absolute atomic E-state index is 0.125. The van der Waals surface area contributed by atoms with Gasteiger partial charge in [-0.3, -0.25) is 0 Å². The quantitative estimate of drug-likeness (QED) is 0.564. The Kier molecular flexibility index (Phi) is 1.83. The highest BCUT2D eigenvalue weighted by Gasteiger charge is 2.26. The molecule has 0 amide bonds. The van der Waals surface area contributed by atoms with E-state index < -0.39 is 12.6 Å². The lowest BCUT2D eigenvalue weighted by Crippen LogP contribution is -2.07. The molecule has 0 fully saturated rings. The van der Waals surface area contributed by atoms with Crippen LogP contribution in [-0.4, -0.2) is 6.18 Å². The Morgan fingerprint density at radius 3 is 2.20 bits per heavy atom. The first-order chi connectivity index (χ1) is 4.58. The molecule has 0 bridgehead atoms. The van der Waals surface area contributed by atoms with Gasteiger partial charge in [-0.1, -0.05) is 18.2 Å². The van der Waals surface area contributed by atoms with Crippen LogP contribution in [0.25, 0.3) is 0 Å². The van der Waals surface area contributed by atoms with E-state index in [-0.39, 0.29) is 6.42 Å². The first-order valence-electron chi connectivity index (χ1n) is 3.02. The SMILES string of the molecule is FC(F)(F)CCC1=CC=C1. The number of allylic oxidation sites excluding steroid dienone is 4. The average molecular weight is 148 g/mol. The lowest BCUT2D eigenvalue weighted by Gasteiger charge is -2.08. The molecule has 1 aliphatic rings. The van der Waals surface area contributed by atoms with Crippen LogP contribution in [0, 0.1) is 0 Å². The molecule has 56 valence electrons. The molecular formula is C7H7F3. The Morgan fingerprint density at radius 1 is 1.30 bits per heavy atom. The summed E-state index contributed by atoms with van der Waals surface area (Å²) in [6, 6.07) is 0. The largest absolute Gasteiger partial charge is 0.389 e. The molecular weight excluding hydrogens is 141 g/mol. The van der Waals surface area contributed by atoms with E-state index in [1.54, 1.807) is 18.2 Å². The monoisotopic (exact) mass is 148 g/mol. The van der Waals surface area contributed by atoms with E-state index in [9.17, 15) is 13.2 Å². The highest BCUT2D eigenvalue weighted by atomic mass is 19.4. The predicted molar refractivity (Wildman–Crippen MR) is 32.5 cm³/mol. The van der Waals surface area contributed by atoms with Gasteiger partial charge in [-0.15, -0.1) is 0 Å². The standard InChI is InChI=1S/C7H7F3/c8-7(9,10)5-4-6-2-1-3-6/h1-3H,4-5H2. The van der Waals surface area contributed by atoms with Crippen molar-refractivity contribution in [3.05, 3.63) is 23.8 Å². The van der Waals surface area contributed by atoms with Crippen molar-refractivity contribution in [2.45, 2.75) is 19.0 Å². The molecule has 0 aliphatic heterocycles. The molecule has 0 aromatic carbocycles. The molecule has 0 saturated carbocycles. The molecule has 0 aromatic heterocycles. The third-order valence-corrected chi connectivity index (χ3v) is 1.32. The Morgan fingerprint density at radius 2 is 1.90 bits per heavy atom. The first kappa shape index (κ1) is 7.38. The van der Waals surface area contributed by atoms with Crippen molar-refractivity contribution >= 4 is 0 Å². The zero-order valence-corrected chi connectivity index (χ0v) is 5.28. The van der Waals surface area contributed by atoms with E-state index in [1.165, 1.54) is 0 Å². The number of hydrogen-bond donors (Lipinski definition) is 0. The Bertz CT molecular complexity index is 174. The molecule has 0 atom stereocenters. The summed E-state index contributed by atoms with van der Waals surface area (Å²) >= 11 is 0. The van der Waals surface area contributed by atoms with Crippen LogP contribution in [0.15, 0.2) is 23.8 Å². The van der Waals surface area contributed by atoms with Gasteiger partial charge in [0.15, 0.2) is 0 Å². The zero-order chi connectivity index (χ0) is 7.61. The van der Waals surface area contributed by atoms with Gasteiger partial charge >= 0.3 is 6.18 Å². The van der Waals surface area contributed by atoms with Crippen LogP contribution >= 0.6 is 0 Å². The van der Waals surface area contributed by atoms with Gasteiger partial charge in [-0.05, 0) is 12.0 Å². The molecule has 0 saturated heterocycles. The highest BCUT2D eigenvalue weighted by molar-refractivity contribution is 5.34.